The van der Waals surface area contributed by atoms with Crippen molar-refractivity contribution in [3.63, 3.8) is 0 Å². The summed E-state index contributed by atoms with van der Waals surface area (Å²) in [7, 11) is 0. The van der Waals surface area contributed by atoms with Gasteiger partial charge in [-0.2, -0.15) is 18.3 Å². The van der Waals surface area contributed by atoms with Crippen LogP contribution in [0.2, 0.25) is 0 Å². The lowest BCUT2D eigenvalue weighted by Gasteiger charge is -2.27. The second-order valence-corrected chi connectivity index (χ2v) is 8.42. The van der Waals surface area contributed by atoms with Crippen molar-refractivity contribution in [1.29, 1.82) is 5.41 Å². The van der Waals surface area contributed by atoms with Crippen molar-refractivity contribution in [2.75, 3.05) is 6.61 Å². The molecular formula is C25H26F3N3O3. The molecule has 6 nitrogen and oxygen atoms in total. The molecule has 9 heteroatoms. The zero-order valence-corrected chi connectivity index (χ0v) is 18.9. The zero-order valence-electron chi connectivity index (χ0n) is 18.9. The molecule has 0 saturated heterocycles. The molecule has 0 saturated carbocycles. The van der Waals surface area contributed by atoms with Crippen LogP contribution in [0.25, 0.3) is 0 Å². The van der Waals surface area contributed by atoms with Gasteiger partial charge in [-0.25, -0.2) is 0 Å². The maximum Gasteiger partial charge on any atom is 0.416 e. The number of nitrogens with one attached hydrogen (secondary N) is 2. The van der Waals surface area contributed by atoms with Gasteiger partial charge in [-0.3, -0.25) is 5.10 Å². The Hall–Kier alpha value is -3.33. The van der Waals surface area contributed by atoms with E-state index in [1.807, 2.05) is 6.92 Å². The molecule has 1 aliphatic carbocycles. The fraction of sp³-hybridized carbons (Fsp3) is 0.360. The third-order valence-electron chi connectivity index (χ3n) is 5.89. The van der Waals surface area contributed by atoms with E-state index in [4.69, 9.17) is 14.9 Å². The molecule has 0 aliphatic heterocycles. The predicted molar refractivity (Wildman–Crippen MR) is 121 cm³/mol. The normalized spacial score (nSPS) is 18.0. The first-order valence-electron chi connectivity index (χ1n) is 11.1. The van der Waals surface area contributed by atoms with Gasteiger partial charge in [0.2, 0.25) is 0 Å². The second-order valence-electron chi connectivity index (χ2n) is 8.42. The van der Waals surface area contributed by atoms with E-state index in [1.54, 1.807) is 31.3 Å². The quantitative estimate of drug-likeness (QED) is 0.430. The van der Waals surface area contributed by atoms with Crippen LogP contribution in [0.15, 0.2) is 42.6 Å². The summed E-state index contributed by atoms with van der Waals surface area (Å²) in [5.41, 5.74) is 2.27. The number of aliphatic hydroxyl groups excluding tert-OH is 1. The van der Waals surface area contributed by atoms with Gasteiger partial charge in [0, 0.05) is 17.0 Å². The lowest BCUT2D eigenvalue weighted by atomic mass is 9.80. The Morgan fingerprint density at radius 2 is 1.94 bits per heavy atom. The molecule has 34 heavy (non-hydrogen) atoms. The van der Waals surface area contributed by atoms with Crippen LogP contribution in [0.3, 0.4) is 0 Å². The third-order valence-corrected chi connectivity index (χ3v) is 5.89. The van der Waals surface area contributed by atoms with Gasteiger partial charge in [0.15, 0.2) is 11.5 Å². The first-order valence-corrected chi connectivity index (χ1v) is 11.1. The number of aromatic amines is 1. The Labute approximate surface area is 195 Å². The van der Waals surface area contributed by atoms with Crippen LogP contribution in [0.1, 0.15) is 59.2 Å². The number of halogens is 3. The van der Waals surface area contributed by atoms with E-state index in [-0.39, 0.29) is 23.8 Å². The number of aliphatic hydroxyl groups is 1. The van der Waals surface area contributed by atoms with E-state index in [0.717, 1.165) is 23.6 Å². The average Bonchev–Trinajstić information content (AvgIpc) is 3.28. The van der Waals surface area contributed by atoms with Crippen molar-refractivity contribution in [2.24, 2.45) is 0 Å². The minimum Gasteiger partial charge on any atom is -0.490 e. The molecule has 0 fully saturated rings. The number of hydrogen-bond donors (Lipinski definition) is 3. The molecule has 0 spiro atoms. The molecule has 4 rings (SSSR count). The maximum atomic E-state index is 13.4. The van der Waals surface area contributed by atoms with Crippen LogP contribution in [0.4, 0.5) is 13.2 Å². The van der Waals surface area contributed by atoms with E-state index in [9.17, 15) is 18.3 Å². The SMILES string of the molecule is CCCOc1cc(C2CC(O)C(=N)c3[nH]ncc32)ccc1OCc1cc(C)ccc1C(F)(F)F. The molecule has 1 aliphatic rings. The van der Waals surface area contributed by atoms with Crippen molar-refractivity contribution in [3.8, 4) is 11.5 Å². The summed E-state index contributed by atoms with van der Waals surface area (Å²) in [5, 5.41) is 25.2. The number of hydrogen-bond acceptors (Lipinski definition) is 5. The third kappa shape index (κ3) is 4.79. The van der Waals surface area contributed by atoms with Gasteiger partial charge < -0.3 is 20.0 Å². The van der Waals surface area contributed by atoms with Gasteiger partial charge in [-0.1, -0.05) is 30.7 Å². The zero-order chi connectivity index (χ0) is 24.5. The monoisotopic (exact) mass is 473 g/mol. The highest BCUT2D eigenvalue weighted by molar-refractivity contribution is 6.02. The van der Waals surface area contributed by atoms with Gasteiger partial charge in [0.25, 0.3) is 0 Å². The summed E-state index contributed by atoms with van der Waals surface area (Å²) in [6, 6.07) is 9.24. The summed E-state index contributed by atoms with van der Waals surface area (Å²) in [6.07, 6.45) is -2.71. The van der Waals surface area contributed by atoms with Crippen molar-refractivity contribution in [2.45, 2.75) is 51.5 Å². The molecule has 1 aromatic heterocycles. The average molecular weight is 473 g/mol. The summed E-state index contributed by atoms with van der Waals surface area (Å²) in [4.78, 5) is 0. The predicted octanol–water partition coefficient (Wildman–Crippen LogP) is 5.37. The minimum atomic E-state index is -4.48. The Kier molecular flexibility index (Phi) is 6.65. The standard InChI is InChI=1S/C25H26F3N3O3/c1-3-8-33-22-10-15(17-11-20(32)23(29)24-18(17)12-30-31-24)5-7-21(22)34-13-16-9-14(2)4-6-19(16)25(26,27)28/h4-7,9-10,12,17,20,29,32H,3,8,11,13H2,1-2H3,(H,30,31). The van der Waals surface area contributed by atoms with Crippen LogP contribution in [0.5, 0.6) is 11.5 Å². The summed E-state index contributed by atoms with van der Waals surface area (Å²) in [5.74, 6) is 0.536. The van der Waals surface area contributed by atoms with Gasteiger partial charge in [-0.05, 0) is 43.5 Å². The molecule has 0 amide bonds. The van der Waals surface area contributed by atoms with Crippen molar-refractivity contribution in [1.82, 2.24) is 10.2 Å². The van der Waals surface area contributed by atoms with E-state index >= 15 is 0 Å². The fourth-order valence-electron chi connectivity index (χ4n) is 4.19. The van der Waals surface area contributed by atoms with E-state index in [1.165, 1.54) is 12.1 Å². The van der Waals surface area contributed by atoms with E-state index in [0.29, 0.717) is 35.8 Å². The van der Waals surface area contributed by atoms with Gasteiger partial charge in [0.1, 0.15) is 6.61 Å². The Balaban J connectivity index is 1.64. The highest BCUT2D eigenvalue weighted by atomic mass is 19.4. The van der Waals surface area contributed by atoms with E-state index in [2.05, 4.69) is 10.2 Å². The summed E-state index contributed by atoms with van der Waals surface area (Å²) >= 11 is 0. The molecule has 1 heterocycles. The van der Waals surface area contributed by atoms with Crippen LogP contribution < -0.4 is 9.47 Å². The van der Waals surface area contributed by atoms with Crippen molar-refractivity contribution >= 4 is 5.71 Å². The molecule has 3 N–H and O–H groups in total. The van der Waals surface area contributed by atoms with Crippen LogP contribution >= 0.6 is 0 Å². The number of aromatic nitrogens is 2. The maximum absolute atomic E-state index is 13.4. The molecule has 2 unspecified atom stereocenters. The smallest absolute Gasteiger partial charge is 0.416 e. The van der Waals surface area contributed by atoms with Gasteiger partial charge in [-0.15, -0.1) is 0 Å². The number of aryl methyl sites for hydroxylation is 1. The number of alkyl halides is 3. The number of nitrogens with zero attached hydrogens (tertiary/aromatic N) is 1. The van der Waals surface area contributed by atoms with Gasteiger partial charge in [0.05, 0.1) is 35.9 Å². The second kappa shape index (κ2) is 9.50. The van der Waals surface area contributed by atoms with Crippen molar-refractivity contribution < 1.29 is 27.8 Å². The number of fused-ring (bicyclic) bond motifs is 1. The van der Waals surface area contributed by atoms with Crippen molar-refractivity contribution in [3.05, 3.63) is 76.1 Å². The van der Waals surface area contributed by atoms with Crippen LogP contribution in [-0.4, -0.2) is 33.7 Å². The molecule has 3 aromatic rings. The van der Waals surface area contributed by atoms with Gasteiger partial charge >= 0.3 is 6.18 Å². The number of H-pyrrole nitrogens is 1. The van der Waals surface area contributed by atoms with Crippen LogP contribution in [-0.2, 0) is 12.8 Å². The molecule has 0 radical (unpaired) electrons. The summed E-state index contributed by atoms with van der Waals surface area (Å²) < 4.78 is 52.0. The number of ether oxygens (including phenoxy) is 2. The molecule has 2 atom stereocenters. The molecule has 0 bridgehead atoms. The highest BCUT2D eigenvalue weighted by Gasteiger charge is 2.34. The minimum absolute atomic E-state index is 0.0509. The Morgan fingerprint density at radius 1 is 1.15 bits per heavy atom. The largest absolute Gasteiger partial charge is 0.490 e. The lowest BCUT2D eigenvalue weighted by Crippen LogP contribution is -2.30. The molecular weight excluding hydrogens is 447 g/mol. The van der Waals surface area contributed by atoms with E-state index < -0.39 is 17.8 Å². The van der Waals surface area contributed by atoms with Crippen LogP contribution in [0, 0.1) is 12.3 Å². The number of rotatable bonds is 7. The first-order chi connectivity index (χ1) is 16.2. The lowest BCUT2D eigenvalue weighted by molar-refractivity contribution is -0.138. The topological polar surface area (TPSA) is 91.2 Å². The summed E-state index contributed by atoms with van der Waals surface area (Å²) in [6.45, 7) is 3.83. The first kappa shape index (κ1) is 23.8. The Bertz CT molecular complexity index is 1190. The Morgan fingerprint density at radius 3 is 2.68 bits per heavy atom. The fourth-order valence-corrected chi connectivity index (χ4v) is 4.19. The highest BCUT2D eigenvalue weighted by Crippen LogP contribution is 2.40. The molecule has 2 aromatic carbocycles. The molecule has 180 valence electrons. The number of benzene rings is 2.